The van der Waals surface area contributed by atoms with Crippen molar-refractivity contribution in [1.29, 1.82) is 0 Å². The van der Waals surface area contributed by atoms with E-state index in [0.29, 0.717) is 13.1 Å². The number of likely N-dealkylation sites (N-methyl/N-ethyl adjacent to an activating group) is 2. The summed E-state index contributed by atoms with van der Waals surface area (Å²) in [7, 11) is 3.93. The highest BCUT2D eigenvalue weighted by molar-refractivity contribution is 7.07. The number of morpholine rings is 1. The van der Waals surface area contributed by atoms with Gasteiger partial charge in [-0.2, -0.15) is 11.3 Å². The van der Waals surface area contributed by atoms with Crippen molar-refractivity contribution in [2.75, 3.05) is 46.9 Å². The highest BCUT2D eigenvalue weighted by Crippen LogP contribution is 2.08. The molecule has 1 saturated heterocycles. The Bertz CT molecular complexity index is 411. The number of carbonyl (C=O) groups excluding carboxylic acids is 1. The molecule has 112 valence electrons. The van der Waals surface area contributed by atoms with Gasteiger partial charge in [0.2, 0.25) is 5.91 Å². The zero-order chi connectivity index (χ0) is 14.4. The molecule has 1 aromatic rings. The van der Waals surface area contributed by atoms with Crippen LogP contribution in [-0.2, 0) is 16.1 Å². The lowest BCUT2D eigenvalue weighted by molar-refractivity contribution is -0.129. The Morgan fingerprint density at radius 3 is 3.20 bits per heavy atom. The maximum atomic E-state index is 12.0. The summed E-state index contributed by atoms with van der Waals surface area (Å²) in [6.45, 7) is 4.44. The van der Waals surface area contributed by atoms with E-state index < -0.39 is 0 Å². The largest absolute Gasteiger partial charge is 0.374 e. The van der Waals surface area contributed by atoms with Gasteiger partial charge in [0.1, 0.15) is 0 Å². The summed E-state index contributed by atoms with van der Waals surface area (Å²) >= 11 is 1.66. The molecule has 2 rings (SSSR count). The fourth-order valence-electron chi connectivity index (χ4n) is 2.21. The standard InChI is InChI=1S/C14H23N3O2S/c1-16-4-5-19-13(10-16)7-15-8-14(18)17(2)9-12-3-6-20-11-12/h3,6,11,13,15H,4-5,7-10H2,1-2H3. The van der Waals surface area contributed by atoms with Crippen molar-refractivity contribution >= 4 is 17.2 Å². The van der Waals surface area contributed by atoms with Crippen molar-refractivity contribution in [3.05, 3.63) is 22.4 Å². The van der Waals surface area contributed by atoms with Crippen LogP contribution in [0.25, 0.3) is 0 Å². The van der Waals surface area contributed by atoms with Crippen LogP contribution in [0.15, 0.2) is 16.8 Å². The number of nitrogens with zero attached hydrogens (tertiary/aromatic N) is 2. The minimum absolute atomic E-state index is 0.111. The van der Waals surface area contributed by atoms with Crippen molar-refractivity contribution in [3.8, 4) is 0 Å². The highest BCUT2D eigenvalue weighted by Gasteiger charge is 2.17. The zero-order valence-electron chi connectivity index (χ0n) is 12.2. The first-order valence-electron chi connectivity index (χ1n) is 6.91. The monoisotopic (exact) mass is 297 g/mol. The third kappa shape index (κ3) is 4.86. The Morgan fingerprint density at radius 1 is 1.65 bits per heavy atom. The lowest BCUT2D eigenvalue weighted by Crippen LogP contribution is -2.46. The van der Waals surface area contributed by atoms with E-state index in [0.717, 1.165) is 26.2 Å². The molecule has 0 aliphatic carbocycles. The number of amides is 1. The second-order valence-corrected chi connectivity index (χ2v) is 6.05. The fraction of sp³-hybridized carbons (Fsp3) is 0.643. The van der Waals surface area contributed by atoms with E-state index in [4.69, 9.17) is 4.74 Å². The lowest BCUT2D eigenvalue weighted by atomic mass is 10.3. The molecule has 0 bridgehead atoms. The molecule has 0 spiro atoms. The van der Waals surface area contributed by atoms with Gasteiger partial charge in [-0.25, -0.2) is 0 Å². The number of rotatable bonds is 6. The van der Waals surface area contributed by atoms with Gasteiger partial charge < -0.3 is 19.9 Å². The fourth-order valence-corrected chi connectivity index (χ4v) is 2.87. The van der Waals surface area contributed by atoms with Gasteiger partial charge in [0.25, 0.3) is 0 Å². The van der Waals surface area contributed by atoms with Crippen molar-refractivity contribution in [3.63, 3.8) is 0 Å². The topological polar surface area (TPSA) is 44.8 Å². The second-order valence-electron chi connectivity index (χ2n) is 5.27. The smallest absolute Gasteiger partial charge is 0.236 e. The van der Waals surface area contributed by atoms with Crippen molar-refractivity contribution in [1.82, 2.24) is 15.1 Å². The summed E-state index contributed by atoms with van der Waals surface area (Å²) < 4.78 is 5.65. The molecular weight excluding hydrogens is 274 g/mol. The molecule has 2 heterocycles. The van der Waals surface area contributed by atoms with Crippen LogP contribution in [0, 0.1) is 0 Å². The number of hydrogen-bond donors (Lipinski definition) is 1. The number of nitrogens with one attached hydrogen (secondary N) is 1. The first-order valence-corrected chi connectivity index (χ1v) is 7.85. The number of carbonyl (C=O) groups is 1. The summed E-state index contributed by atoms with van der Waals surface area (Å²) in [5, 5.41) is 7.30. The van der Waals surface area contributed by atoms with Gasteiger partial charge in [-0.1, -0.05) is 0 Å². The highest BCUT2D eigenvalue weighted by atomic mass is 32.1. The van der Waals surface area contributed by atoms with E-state index in [2.05, 4.69) is 22.6 Å². The first kappa shape index (κ1) is 15.4. The first-order chi connectivity index (χ1) is 9.65. The van der Waals surface area contributed by atoms with Crippen LogP contribution in [0.2, 0.25) is 0 Å². The quantitative estimate of drug-likeness (QED) is 0.836. The van der Waals surface area contributed by atoms with Crippen LogP contribution in [0.3, 0.4) is 0 Å². The van der Waals surface area contributed by atoms with Gasteiger partial charge in [0, 0.05) is 33.2 Å². The Morgan fingerprint density at radius 2 is 2.50 bits per heavy atom. The van der Waals surface area contributed by atoms with E-state index in [1.165, 1.54) is 5.56 Å². The van der Waals surface area contributed by atoms with Gasteiger partial charge in [-0.3, -0.25) is 4.79 Å². The predicted octanol–water partition coefficient (Wildman–Crippen LogP) is 0.627. The van der Waals surface area contributed by atoms with Crippen molar-refractivity contribution in [2.45, 2.75) is 12.6 Å². The summed E-state index contributed by atoms with van der Waals surface area (Å²) in [6.07, 6.45) is 0.184. The zero-order valence-corrected chi connectivity index (χ0v) is 13.0. The molecular formula is C14H23N3O2S. The Kier molecular flexibility index (Phi) is 5.97. The van der Waals surface area contributed by atoms with Crippen LogP contribution < -0.4 is 5.32 Å². The van der Waals surface area contributed by atoms with E-state index in [9.17, 15) is 4.79 Å². The van der Waals surface area contributed by atoms with E-state index in [1.807, 2.05) is 18.5 Å². The van der Waals surface area contributed by atoms with E-state index in [1.54, 1.807) is 16.2 Å². The molecule has 0 aromatic carbocycles. The van der Waals surface area contributed by atoms with E-state index >= 15 is 0 Å². The van der Waals surface area contributed by atoms with Gasteiger partial charge in [-0.15, -0.1) is 0 Å². The van der Waals surface area contributed by atoms with E-state index in [-0.39, 0.29) is 12.0 Å². The molecule has 0 radical (unpaired) electrons. The number of thiophene rings is 1. The van der Waals surface area contributed by atoms with Gasteiger partial charge in [0.15, 0.2) is 0 Å². The minimum atomic E-state index is 0.111. The molecule has 6 heteroatoms. The third-order valence-corrected chi connectivity index (χ3v) is 4.15. The molecule has 1 aromatic heterocycles. The summed E-state index contributed by atoms with van der Waals surface area (Å²) in [4.78, 5) is 16.0. The summed E-state index contributed by atoms with van der Waals surface area (Å²) in [5.74, 6) is 0.111. The maximum absolute atomic E-state index is 12.0. The van der Waals surface area contributed by atoms with Crippen LogP contribution in [0.4, 0.5) is 0 Å². The predicted molar refractivity (Wildman–Crippen MR) is 80.9 cm³/mol. The van der Waals surface area contributed by atoms with Crippen LogP contribution in [0.5, 0.6) is 0 Å². The second kappa shape index (κ2) is 7.73. The lowest BCUT2D eigenvalue weighted by Gasteiger charge is -2.30. The number of hydrogen-bond acceptors (Lipinski definition) is 5. The SMILES string of the molecule is CN1CCOC(CNCC(=O)N(C)Cc2ccsc2)C1. The molecule has 5 nitrogen and oxygen atoms in total. The van der Waals surface area contributed by atoms with Crippen LogP contribution >= 0.6 is 11.3 Å². The Hall–Kier alpha value is -0.950. The van der Waals surface area contributed by atoms with Crippen molar-refractivity contribution < 1.29 is 9.53 Å². The summed E-state index contributed by atoms with van der Waals surface area (Å²) in [6, 6.07) is 2.05. The van der Waals surface area contributed by atoms with Gasteiger partial charge >= 0.3 is 0 Å². The molecule has 1 aliphatic rings. The number of ether oxygens (including phenoxy) is 1. The minimum Gasteiger partial charge on any atom is -0.374 e. The molecule has 1 aliphatic heterocycles. The van der Waals surface area contributed by atoms with Crippen LogP contribution in [0.1, 0.15) is 5.56 Å². The Balaban J connectivity index is 1.64. The Labute approximate surface area is 124 Å². The molecule has 20 heavy (non-hydrogen) atoms. The average Bonchev–Trinajstić information content (AvgIpc) is 2.91. The molecule has 0 saturated carbocycles. The molecule has 1 unspecified atom stereocenters. The summed E-state index contributed by atoms with van der Waals surface area (Å²) in [5.41, 5.74) is 1.18. The third-order valence-electron chi connectivity index (χ3n) is 3.42. The average molecular weight is 297 g/mol. The normalized spacial score (nSPS) is 20.0. The van der Waals surface area contributed by atoms with Crippen molar-refractivity contribution in [2.24, 2.45) is 0 Å². The molecule has 1 fully saturated rings. The van der Waals surface area contributed by atoms with Gasteiger partial charge in [-0.05, 0) is 29.4 Å². The van der Waals surface area contributed by atoms with Crippen LogP contribution in [-0.4, -0.2) is 68.7 Å². The molecule has 1 amide bonds. The molecule has 1 N–H and O–H groups in total. The molecule has 1 atom stereocenters. The maximum Gasteiger partial charge on any atom is 0.236 e. The van der Waals surface area contributed by atoms with Gasteiger partial charge in [0.05, 0.1) is 19.3 Å².